The van der Waals surface area contributed by atoms with Crippen LogP contribution in [0, 0.1) is 0 Å². The molecule has 12 heteroatoms. The molecular formula is C25H22Cl2N6O2S2. The van der Waals surface area contributed by atoms with E-state index in [1.54, 1.807) is 11.4 Å². The molecule has 2 N–H and O–H groups in total. The second-order valence-electron chi connectivity index (χ2n) is 8.30. The van der Waals surface area contributed by atoms with E-state index in [9.17, 15) is 9.59 Å². The van der Waals surface area contributed by atoms with Crippen molar-refractivity contribution in [1.82, 2.24) is 30.4 Å². The summed E-state index contributed by atoms with van der Waals surface area (Å²) in [6.45, 7) is 0.639. The minimum atomic E-state index is -0.535. The molecule has 1 fully saturated rings. The highest BCUT2D eigenvalue weighted by Crippen LogP contribution is 2.35. The summed E-state index contributed by atoms with van der Waals surface area (Å²) in [5.41, 5.74) is 1.76. The van der Waals surface area contributed by atoms with Crippen LogP contribution in [0.15, 0.2) is 59.1 Å². The Labute approximate surface area is 231 Å². The first-order chi connectivity index (χ1) is 18.0. The van der Waals surface area contributed by atoms with Crippen LogP contribution in [-0.2, 0) is 10.5 Å². The number of nitrogens with zero attached hydrogens (tertiary/aromatic N) is 4. The van der Waals surface area contributed by atoms with Gasteiger partial charge in [0.1, 0.15) is 16.7 Å². The number of amides is 2. The Morgan fingerprint density at radius 1 is 1.11 bits per heavy atom. The van der Waals surface area contributed by atoms with E-state index in [0.717, 1.165) is 29.1 Å². The molecule has 3 heterocycles. The molecule has 8 nitrogen and oxygen atoms in total. The highest BCUT2D eigenvalue weighted by atomic mass is 35.5. The van der Waals surface area contributed by atoms with Crippen molar-refractivity contribution >= 4 is 58.1 Å². The first kappa shape index (κ1) is 25.7. The van der Waals surface area contributed by atoms with Crippen molar-refractivity contribution in [3.63, 3.8) is 0 Å². The second kappa shape index (κ2) is 11.6. The third-order valence-electron chi connectivity index (χ3n) is 5.79. The lowest BCUT2D eigenvalue weighted by Crippen LogP contribution is -2.45. The third kappa shape index (κ3) is 5.82. The minimum absolute atomic E-state index is 0.148. The molecule has 0 spiro atoms. The summed E-state index contributed by atoms with van der Waals surface area (Å²) in [6, 6.07) is 14.4. The van der Waals surface area contributed by atoms with Crippen molar-refractivity contribution in [2.24, 2.45) is 0 Å². The maximum atomic E-state index is 12.7. The van der Waals surface area contributed by atoms with Crippen LogP contribution in [0.3, 0.4) is 0 Å². The maximum Gasteiger partial charge on any atom is 0.271 e. The number of para-hydroxylation sites is 1. The van der Waals surface area contributed by atoms with Gasteiger partial charge >= 0.3 is 0 Å². The number of carbonyl (C=O) groups is 2. The summed E-state index contributed by atoms with van der Waals surface area (Å²) in [5.74, 6) is 0.537. The lowest BCUT2D eigenvalue weighted by Gasteiger charge is -2.14. The summed E-state index contributed by atoms with van der Waals surface area (Å²) >= 11 is 15.8. The summed E-state index contributed by atoms with van der Waals surface area (Å²) in [7, 11) is 0. The number of thioether (sulfide) groups is 1. The molecule has 1 aliphatic heterocycles. The predicted molar refractivity (Wildman–Crippen MR) is 147 cm³/mol. The quantitative estimate of drug-likeness (QED) is 0.288. The maximum absolute atomic E-state index is 12.7. The molecule has 0 aliphatic carbocycles. The normalized spacial score (nSPS) is 15.7. The van der Waals surface area contributed by atoms with E-state index in [2.05, 4.69) is 25.8 Å². The average molecular weight is 574 g/mol. The largest absolute Gasteiger partial charge is 0.354 e. The van der Waals surface area contributed by atoms with Crippen LogP contribution in [0.4, 0.5) is 0 Å². The molecule has 0 bridgehead atoms. The van der Waals surface area contributed by atoms with E-state index < -0.39 is 6.04 Å². The zero-order valence-corrected chi connectivity index (χ0v) is 22.6. The van der Waals surface area contributed by atoms with Crippen molar-refractivity contribution in [2.45, 2.75) is 36.2 Å². The van der Waals surface area contributed by atoms with Gasteiger partial charge in [-0.1, -0.05) is 59.2 Å². The SMILES string of the molecule is O=C(NC1CCCCNC1=O)c1csc(CSc2nnc(-c3ccccc3Cl)n2-c2ccccc2Cl)n1. The molecule has 2 aromatic carbocycles. The Hall–Kier alpha value is -2.92. The van der Waals surface area contributed by atoms with Crippen molar-refractivity contribution in [3.8, 4) is 17.1 Å². The molecule has 5 rings (SSSR count). The Morgan fingerprint density at radius 3 is 2.70 bits per heavy atom. The summed E-state index contributed by atoms with van der Waals surface area (Å²) in [6.07, 6.45) is 2.41. The monoisotopic (exact) mass is 572 g/mol. The number of rotatable bonds is 7. The van der Waals surface area contributed by atoms with Gasteiger partial charge in [0, 0.05) is 17.5 Å². The van der Waals surface area contributed by atoms with E-state index in [4.69, 9.17) is 23.2 Å². The smallest absolute Gasteiger partial charge is 0.271 e. The van der Waals surface area contributed by atoms with Gasteiger partial charge in [-0.15, -0.1) is 21.5 Å². The number of hydrogen-bond donors (Lipinski definition) is 2. The van der Waals surface area contributed by atoms with Crippen molar-refractivity contribution in [1.29, 1.82) is 0 Å². The number of benzene rings is 2. The average Bonchev–Trinajstić information content (AvgIpc) is 3.49. The molecule has 2 aromatic heterocycles. The molecular weight excluding hydrogens is 551 g/mol. The first-order valence-electron chi connectivity index (χ1n) is 11.6. The van der Waals surface area contributed by atoms with Gasteiger partial charge in [0.25, 0.3) is 5.91 Å². The number of hydrogen-bond acceptors (Lipinski definition) is 7. The lowest BCUT2D eigenvalue weighted by atomic mass is 10.1. The Bertz CT molecular complexity index is 1440. The van der Waals surface area contributed by atoms with Gasteiger partial charge in [-0.25, -0.2) is 4.98 Å². The van der Waals surface area contributed by atoms with Crippen LogP contribution in [-0.4, -0.2) is 44.1 Å². The minimum Gasteiger partial charge on any atom is -0.354 e. The number of aromatic nitrogens is 4. The molecule has 1 saturated heterocycles. The van der Waals surface area contributed by atoms with Gasteiger partial charge < -0.3 is 10.6 Å². The van der Waals surface area contributed by atoms with Crippen LogP contribution in [0.1, 0.15) is 34.8 Å². The number of nitrogens with one attached hydrogen (secondary N) is 2. The Balaban J connectivity index is 1.36. The van der Waals surface area contributed by atoms with Gasteiger partial charge in [-0.05, 0) is 43.5 Å². The number of thiazole rings is 1. The number of carbonyl (C=O) groups excluding carboxylic acids is 2. The fraction of sp³-hybridized carbons (Fsp3) is 0.240. The van der Waals surface area contributed by atoms with E-state index in [-0.39, 0.29) is 11.8 Å². The Morgan fingerprint density at radius 2 is 1.89 bits per heavy atom. The van der Waals surface area contributed by atoms with E-state index in [1.807, 2.05) is 47.0 Å². The van der Waals surface area contributed by atoms with E-state index in [0.29, 0.717) is 45.4 Å². The van der Waals surface area contributed by atoms with Crippen molar-refractivity contribution in [3.05, 3.63) is 74.7 Å². The molecule has 4 aromatic rings. The van der Waals surface area contributed by atoms with Crippen LogP contribution in [0.25, 0.3) is 17.1 Å². The summed E-state index contributed by atoms with van der Waals surface area (Å²) < 4.78 is 1.88. The highest BCUT2D eigenvalue weighted by molar-refractivity contribution is 7.98. The number of halogens is 2. The fourth-order valence-corrected chi connectivity index (χ4v) is 6.13. The summed E-state index contributed by atoms with van der Waals surface area (Å²) in [5, 5.41) is 18.6. The zero-order chi connectivity index (χ0) is 25.8. The van der Waals surface area contributed by atoms with Gasteiger partial charge in [0.15, 0.2) is 11.0 Å². The van der Waals surface area contributed by atoms with Crippen LogP contribution >= 0.6 is 46.3 Å². The van der Waals surface area contributed by atoms with Gasteiger partial charge in [0.2, 0.25) is 5.91 Å². The summed E-state index contributed by atoms with van der Waals surface area (Å²) in [4.78, 5) is 29.4. The van der Waals surface area contributed by atoms with Gasteiger partial charge in [-0.2, -0.15) is 0 Å². The van der Waals surface area contributed by atoms with Crippen LogP contribution in [0.2, 0.25) is 10.0 Å². The fourth-order valence-electron chi connectivity index (χ4n) is 3.95. The van der Waals surface area contributed by atoms with Crippen LogP contribution < -0.4 is 10.6 Å². The molecule has 1 unspecified atom stereocenters. The second-order valence-corrected chi connectivity index (χ2v) is 11.0. The van der Waals surface area contributed by atoms with Crippen molar-refractivity contribution in [2.75, 3.05) is 6.54 Å². The van der Waals surface area contributed by atoms with Gasteiger partial charge in [0.05, 0.1) is 21.5 Å². The molecule has 0 radical (unpaired) electrons. The van der Waals surface area contributed by atoms with Crippen molar-refractivity contribution < 1.29 is 9.59 Å². The lowest BCUT2D eigenvalue weighted by molar-refractivity contribution is -0.122. The van der Waals surface area contributed by atoms with Crippen LogP contribution in [0.5, 0.6) is 0 Å². The molecule has 37 heavy (non-hydrogen) atoms. The third-order valence-corrected chi connectivity index (χ3v) is 8.41. The Kier molecular flexibility index (Phi) is 8.09. The topological polar surface area (TPSA) is 102 Å². The molecule has 2 amide bonds. The zero-order valence-electron chi connectivity index (χ0n) is 19.5. The first-order valence-corrected chi connectivity index (χ1v) is 14.2. The molecule has 190 valence electrons. The van der Waals surface area contributed by atoms with Gasteiger partial charge in [-0.3, -0.25) is 14.2 Å². The van der Waals surface area contributed by atoms with E-state index in [1.165, 1.54) is 23.1 Å². The standard InChI is InChI=1S/C25H22Cl2N6O2S2/c26-16-8-2-1-7-15(16)22-31-32-25(33(22)20-11-4-3-9-17(20)27)37-14-21-29-19(13-36-21)24(35)30-18-10-5-6-12-28-23(18)34/h1-4,7-9,11,13,18H,5-6,10,12,14H2,(H,28,34)(H,30,35). The van der Waals surface area contributed by atoms with E-state index >= 15 is 0 Å². The molecule has 1 atom stereocenters. The molecule has 0 saturated carbocycles. The molecule has 1 aliphatic rings. The highest BCUT2D eigenvalue weighted by Gasteiger charge is 2.24. The predicted octanol–water partition coefficient (Wildman–Crippen LogP) is 5.39.